The summed E-state index contributed by atoms with van der Waals surface area (Å²) < 4.78 is 32.7. The number of anilines is 1. The van der Waals surface area contributed by atoms with Crippen molar-refractivity contribution in [1.29, 1.82) is 0 Å². The Morgan fingerprint density at radius 3 is 2.49 bits per heavy atom. The topological polar surface area (TPSA) is 115 Å². The Morgan fingerprint density at radius 1 is 1.14 bits per heavy atom. The Labute approximate surface area is 212 Å². The van der Waals surface area contributed by atoms with E-state index in [0.717, 1.165) is 12.1 Å². The third-order valence-corrected chi connectivity index (χ3v) is 6.14. The van der Waals surface area contributed by atoms with E-state index < -0.39 is 23.2 Å². The SMILES string of the molecule is C[C@H](C(=O)Nc1cnc(Oc2ccc(F)cc2F)cn1)N1CCN(C(=O)c2cc[n+]([O-])cc2)C(C)(C)C1. The van der Waals surface area contributed by atoms with Gasteiger partial charge in [0.2, 0.25) is 11.8 Å². The molecular formula is C25H26F2N6O4. The lowest BCUT2D eigenvalue weighted by atomic mass is 9.96. The third-order valence-electron chi connectivity index (χ3n) is 6.14. The average Bonchev–Trinajstić information content (AvgIpc) is 2.86. The molecule has 194 valence electrons. The molecule has 1 atom stereocenters. The number of carbonyl (C=O) groups is 2. The fourth-order valence-corrected chi connectivity index (χ4v) is 4.11. The van der Waals surface area contributed by atoms with Crippen LogP contribution >= 0.6 is 0 Å². The molecule has 10 nitrogen and oxygen atoms in total. The molecule has 0 bridgehead atoms. The summed E-state index contributed by atoms with van der Waals surface area (Å²) in [6, 6.07) is 5.34. The minimum absolute atomic E-state index is 0.0254. The summed E-state index contributed by atoms with van der Waals surface area (Å²) >= 11 is 0. The van der Waals surface area contributed by atoms with Crippen LogP contribution in [-0.4, -0.2) is 62.8 Å². The monoisotopic (exact) mass is 512 g/mol. The molecule has 1 N–H and O–H groups in total. The number of rotatable bonds is 6. The maximum absolute atomic E-state index is 13.8. The zero-order chi connectivity index (χ0) is 26.7. The highest BCUT2D eigenvalue weighted by Crippen LogP contribution is 2.26. The molecule has 1 saturated heterocycles. The first-order valence-electron chi connectivity index (χ1n) is 11.5. The van der Waals surface area contributed by atoms with E-state index in [1.165, 1.54) is 36.9 Å². The molecule has 1 aromatic carbocycles. The number of halogens is 2. The van der Waals surface area contributed by atoms with Crippen molar-refractivity contribution in [1.82, 2.24) is 19.8 Å². The molecule has 1 aliphatic heterocycles. The van der Waals surface area contributed by atoms with Crippen LogP contribution in [-0.2, 0) is 4.79 Å². The Hall–Kier alpha value is -4.19. The maximum atomic E-state index is 13.8. The van der Waals surface area contributed by atoms with Crippen LogP contribution in [0.25, 0.3) is 0 Å². The number of ether oxygens (including phenoxy) is 1. The molecule has 0 aliphatic carbocycles. The Morgan fingerprint density at radius 2 is 1.86 bits per heavy atom. The first-order chi connectivity index (χ1) is 17.5. The van der Waals surface area contributed by atoms with E-state index in [4.69, 9.17) is 4.74 Å². The molecule has 3 heterocycles. The standard InChI is InChI=1S/C25H26F2N6O4/c1-16(31-10-11-33(25(2,3)15-31)24(35)17-6-8-32(36)9-7-17)23(34)30-21-13-29-22(14-28-21)37-20-5-4-18(26)12-19(20)27/h4-9,12-14,16H,10-11,15H2,1-3H3,(H,28,30,34)/t16-/m1/s1. The summed E-state index contributed by atoms with van der Waals surface area (Å²) in [4.78, 5) is 37.7. The van der Waals surface area contributed by atoms with Crippen molar-refractivity contribution in [3.05, 3.63) is 77.5 Å². The molecule has 0 saturated carbocycles. The van der Waals surface area contributed by atoms with Crippen LogP contribution in [0.15, 0.2) is 55.1 Å². The highest BCUT2D eigenvalue weighted by molar-refractivity contribution is 5.95. The number of pyridine rings is 1. The molecule has 0 unspecified atom stereocenters. The third kappa shape index (κ3) is 5.97. The summed E-state index contributed by atoms with van der Waals surface area (Å²) in [7, 11) is 0. The van der Waals surface area contributed by atoms with Crippen molar-refractivity contribution in [2.45, 2.75) is 32.4 Å². The van der Waals surface area contributed by atoms with Gasteiger partial charge in [-0.1, -0.05) is 0 Å². The molecule has 2 amide bonds. The second-order valence-corrected chi connectivity index (χ2v) is 9.27. The molecule has 0 spiro atoms. The Bertz CT molecular complexity index is 1290. The summed E-state index contributed by atoms with van der Waals surface area (Å²) in [5.74, 6) is -2.15. The molecule has 12 heteroatoms. The number of piperazine rings is 1. The first-order valence-corrected chi connectivity index (χ1v) is 11.5. The van der Waals surface area contributed by atoms with Crippen molar-refractivity contribution >= 4 is 17.6 Å². The Kier molecular flexibility index (Phi) is 7.30. The van der Waals surface area contributed by atoms with Crippen molar-refractivity contribution in [3.63, 3.8) is 0 Å². The fraction of sp³-hybridized carbons (Fsp3) is 0.320. The molecule has 37 heavy (non-hydrogen) atoms. The van der Waals surface area contributed by atoms with Crippen LogP contribution in [0.3, 0.4) is 0 Å². The predicted molar refractivity (Wildman–Crippen MR) is 129 cm³/mol. The maximum Gasteiger partial charge on any atom is 0.254 e. The highest BCUT2D eigenvalue weighted by Gasteiger charge is 2.39. The van der Waals surface area contributed by atoms with E-state index in [1.54, 1.807) is 11.8 Å². The van der Waals surface area contributed by atoms with Crippen LogP contribution in [0.5, 0.6) is 11.6 Å². The number of carbonyl (C=O) groups excluding carboxylic acids is 2. The van der Waals surface area contributed by atoms with Crippen LogP contribution in [0.4, 0.5) is 14.6 Å². The largest absolute Gasteiger partial charge is 0.619 e. The van der Waals surface area contributed by atoms with Gasteiger partial charge in [0.25, 0.3) is 5.91 Å². The zero-order valence-electron chi connectivity index (χ0n) is 20.5. The van der Waals surface area contributed by atoms with Crippen molar-refractivity contribution in [2.75, 3.05) is 25.0 Å². The van der Waals surface area contributed by atoms with E-state index in [9.17, 15) is 23.6 Å². The van der Waals surface area contributed by atoms with Gasteiger partial charge in [-0.3, -0.25) is 14.5 Å². The first kappa shape index (κ1) is 25.9. The van der Waals surface area contributed by atoms with Crippen LogP contribution < -0.4 is 14.8 Å². The molecule has 2 aromatic heterocycles. The van der Waals surface area contributed by atoms with E-state index in [-0.39, 0.29) is 29.3 Å². The van der Waals surface area contributed by atoms with E-state index in [1.807, 2.05) is 18.7 Å². The molecule has 3 aromatic rings. The second kappa shape index (κ2) is 10.4. The minimum Gasteiger partial charge on any atom is -0.619 e. The molecule has 0 radical (unpaired) electrons. The van der Waals surface area contributed by atoms with Crippen LogP contribution in [0, 0.1) is 16.8 Å². The van der Waals surface area contributed by atoms with Gasteiger partial charge in [-0.2, -0.15) is 4.73 Å². The Balaban J connectivity index is 1.35. The number of amides is 2. The number of hydrogen-bond acceptors (Lipinski definition) is 7. The second-order valence-electron chi connectivity index (χ2n) is 9.27. The van der Waals surface area contributed by atoms with Gasteiger partial charge in [0.05, 0.1) is 29.5 Å². The lowest BCUT2D eigenvalue weighted by molar-refractivity contribution is -0.605. The molecule has 1 aliphatic rings. The van der Waals surface area contributed by atoms with Gasteiger partial charge in [-0.25, -0.2) is 18.7 Å². The van der Waals surface area contributed by atoms with Crippen molar-refractivity contribution in [2.24, 2.45) is 0 Å². The van der Waals surface area contributed by atoms with Gasteiger partial charge in [0.1, 0.15) is 5.82 Å². The summed E-state index contributed by atoms with van der Waals surface area (Å²) in [5, 5.41) is 14.0. The normalized spacial score (nSPS) is 16.2. The van der Waals surface area contributed by atoms with Crippen molar-refractivity contribution < 1.29 is 27.8 Å². The predicted octanol–water partition coefficient (Wildman–Crippen LogP) is 2.74. The van der Waals surface area contributed by atoms with Gasteiger partial charge in [-0.05, 0) is 32.9 Å². The highest BCUT2D eigenvalue weighted by atomic mass is 19.1. The van der Waals surface area contributed by atoms with Gasteiger partial charge in [-0.15, -0.1) is 0 Å². The van der Waals surface area contributed by atoms with Crippen LogP contribution in [0.2, 0.25) is 0 Å². The van der Waals surface area contributed by atoms with Crippen molar-refractivity contribution in [3.8, 4) is 11.6 Å². The van der Waals surface area contributed by atoms with Crippen LogP contribution in [0.1, 0.15) is 31.1 Å². The summed E-state index contributed by atoms with van der Waals surface area (Å²) in [6.45, 7) is 6.93. The summed E-state index contributed by atoms with van der Waals surface area (Å²) in [6.07, 6.45) is 5.05. The molecular weight excluding hydrogens is 486 g/mol. The fourth-order valence-electron chi connectivity index (χ4n) is 4.11. The lowest BCUT2D eigenvalue weighted by Gasteiger charge is -2.48. The van der Waals surface area contributed by atoms with Gasteiger partial charge >= 0.3 is 0 Å². The quantitative estimate of drug-likeness (QED) is 0.399. The van der Waals surface area contributed by atoms with E-state index in [0.29, 0.717) is 36.0 Å². The number of aromatic nitrogens is 3. The number of nitrogens with one attached hydrogen (secondary N) is 1. The minimum atomic E-state index is -0.878. The number of nitrogens with zero attached hydrogens (tertiary/aromatic N) is 5. The number of hydrogen-bond donors (Lipinski definition) is 1. The van der Waals surface area contributed by atoms with E-state index >= 15 is 0 Å². The molecule has 4 rings (SSSR count). The smallest absolute Gasteiger partial charge is 0.254 e. The van der Waals surface area contributed by atoms with Gasteiger partial charge in [0.15, 0.2) is 29.8 Å². The lowest BCUT2D eigenvalue weighted by Crippen LogP contribution is -2.63. The van der Waals surface area contributed by atoms with Gasteiger partial charge in [0, 0.05) is 37.8 Å². The molecule has 1 fully saturated rings. The zero-order valence-corrected chi connectivity index (χ0v) is 20.5. The average molecular weight is 513 g/mol. The van der Waals surface area contributed by atoms with E-state index in [2.05, 4.69) is 15.3 Å². The number of benzene rings is 1. The summed E-state index contributed by atoms with van der Waals surface area (Å²) in [5.41, 5.74) is -0.144. The van der Waals surface area contributed by atoms with Gasteiger partial charge < -0.3 is 20.2 Å².